The summed E-state index contributed by atoms with van der Waals surface area (Å²) < 4.78 is 35.0. The fraction of sp³-hybridized carbons (Fsp3) is 0.714. The van der Waals surface area contributed by atoms with Gasteiger partial charge >= 0.3 is 0 Å². The van der Waals surface area contributed by atoms with Crippen molar-refractivity contribution in [3.8, 4) is 0 Å². The number of aryl methyl sites for hydroxylation is 1. The Balaban J connectivity index is 2.22. The van der Waals surface area contributed by atoms with Gasteiger partial charge in [-0.15, -0.1) is 0 Å². The minimum atomic E-state index is -3.61. The molecule has 1 fully saturated rings. The lowest BCUT2D eigenvalue weighted by Crippen LogP contribution is -2.51. The van der Waals surface area contributed by atoms with Crippen molar-refractivity contribution in [2.75, 3.05) is 13.2 Å². The molecule has 2 N–H and O–H groups in total. The number of rotatable bonds is 6. The number of aliphatic hydroxyl groups is 1. The van der Waals surface area contributed by atoms with Crippen LogP contribution in [0.1, 0.15) is 38.8 Å². The third kappa shape index (κ3) is 3.85. The van der Waals surface area contributed by atoms with Gasteiger partial charge in [0.25, 0.3) is 0 Å². The molecule has 7 heteroatoms. The molecule has 1 aliphatic heterocycles. The van der Waals surface area contributed by atoms with Crippen molar-refractivity contribution >= 4 is 10.0 Å². The van der Waals surface area contributed by atoms with Crippen molar-refractivity contribution in [2.24, 2.45) is 0 Å². The average Bonchev–Trinajstić information content (AvgIpc) is 2.83. The first-order chi connectivity index (χ1) is 9.90. The first-order valence-electron chi connectivity index (χ1n) is 7.32. The lowest BCUT2D eigenvalue weighted by Gasteiger charge is -2.33. The van der Waals surface area contributed by atoms with Gasteiger partial charge in [0.1, 0.15) is 0 Å². The van der Waals surface area contributed by atoms with E-state index >= 15 is 0 Å². The van der Waals surface area contributed by atoms with Gasteiger partial charge in [-0.3, -0.25) is 0 Å². The molecule has 1 aromatic heterocycles. The number of nitrogens with zero attached hydrogens (tertiary/aromatic N) is 1. The number of sulfonamides is 1. The predicted molar refractivity (Wildman–Crippen MR) is 79.4 cm³/mol. The monoisotopic (exact) mass is 316 g/mol. The highest BCUT2D eigenvalue weighted by Crippen LogP contribution is 2.23. The fourth-order valence-electron chi connectivity index (χ4n) is 2.65. The molecule has 1 aliphatic rings. The number of ether oxygens (including phenoxy) is 1. The maximum atomic E-state index is 12.5. The van der Waals surface area contributed by atoms with E-state index in [-0.39, 0.29) is 11.5 Å². The van der Waals surface area contributed by atoms with Crippen LogP contribution in [0.5, 0.6) is 0 Å². The topological polar surface area (TPSA) is 80.6 Å². The summed E-state index contributed by atoms with van der Waals surface area (Å²) >= 11 is 0. The van der Waals surface area contributed by atoms with Crippen LogP contribution < -0.4 is 4.72 Å². The van der Waals surface area contributed by atoms with E-state index in [0.29, 0.717) is 25.5 Å². The summed E-state index contributed by atoms with van der Waals surface area (Å²) in [6.07, 6.45) is 4.07. The summed E-state index contributed by atoms with van der Waals surface area (Å²) in [5, 5.41) is 9.34. The zero-order chi connectivity index (χ0) is 15.5. The molecule has 1 atom stereocenters. The van der Waals surface area contributed by atoms with Crippen LogP contribution in [0.25, 0.3) is 0 Å². The number of nitrogens with one attached hydrogen (secondary N) is 1. The molecule has 0 bridgehead atoms. The molecule has 1 aromatic rings. The lowest BCUT2D eigenvalue weighted by atomic mass is 9.97. The normalized spacial score (nSPS) is 23.4. The zero-order valence-electron chi connectivity index (χ0n) is 12.6. The summed E-state index contributed by atoms with van der Waals surface area (Å²) in [4.78, 5) is 0.201. The maximum absolute atomic E-state index is 12.5. The second-order valence-electron chi connectivity index (χ2n) is 5.84. The molecular weight excluding hydrogens is 292 g/mol. The van der Waals surface area contributed by atoms with Crippen molar-refractivity contribution < 1.29 is 18.3 Å². The Morgan fingerprint density at radius 1 is 1.52 bits per heavy atom. The molecule has 0 amide bonds. The van der Waals surface area contributed by atoms with Crippen LogP contribution in [-0.2, 0) is 27.9 Å². The third-order valence-corrected chi connectivity index (χ3v) is 5.32. The van der Waals surface area contributed by atoms with E-state index in [9.17, 15) is 13.5 Å². The van der Waals surface area contributed by atoms with Gasteiger partial charge in [-0.05, 0) is 32.3 Å². The number of hydrogen-bond donors (Lipinski definition) is 2. The molecule has 0 aromatic carbocycles. The Morgan fingerprint density at radius 3 is 2.86 bits per heavy atom. The minimum absolute atomic E-state index is 0.171. The molecule has 1 unspecified atom stereocenters. The van der Waals surface area contributed by atoms with Gasteiger partial charge in [0.15, 0.2) is 0 Å². The molecule has 1 saturated heterocycles. The second-order valence-corrected chi connectivity index (χ2v) is 7.52. The fourth-order valence-corrected chi connectivity index (χ4v) is 4.14. The van der Waals surface area contributed by atoms with Crippen LogP contribution in [0.3, 0.4) is 0 Å². The second kappa shape index (κ2) is 6.48. The molecule has 2 heterocycles. The van der Waals surface area contributed by atoms with Gasteiger partial charge in [-0.1, -0.05) is 6.92 Å². The highest BCUT2D eigenvalue weighted by Gasteiger charge is 2.33. The molecular formula is C14H24N2O4S. The van der Waals surface area contributed by atoms with Crippen LogP contribution in [0, 0.1) is 0 Å². The number of aliphatic hydroxyl groups excluding tert-OH is 1. The standard InChI is InChI=1S/C14H24N2O4S/c1-3-6-16-9-13(8-12(16)10-17)21(18,19)15-14(2)5-4-7-20-11-14/h8-9,15,17H,3-7,10-11H2,1-2H3. The van der Waals surface area contributed by atoms with E-state index in [4.69, 9.17) is 4.74 Å². The SMILES string of the molecule is CCCn1cc(S(=O)(=O)NC2(C)CCCOC2)cc1CO. The summed E-state index contributed by atoms with van der Waals surface area (Å²) in [6.45, 7) is 5.45. The van der Waals surface area contributed by atoms with Gasteiger partial charge in [0.2, 0.25) is 10.0 Å². The van der Waals surface area contributed by atoms with E-state index in [1.54, 1.807) is 10.8 Å². The van der Waals surface area contributed by atoms with E-state index in [0.717, 1.165) is 19.3 Å². The van der Waals surface area contributed by atoms with Crippen molar-refractivity contribution in [3.05, 3.63) is 18.0 Å². The maximum Gasteiger partial charge on any atom is 0.242 e. The third-order valence-electron chi connectivity index (χ3n) is 3.72. The van der Waals surface area contributed by atoms with Gasteiger partial charge in [-0.2, -0.15) is 0 Å². The molecule has 120 valence electrons. The highest BCUT2D eigenvalue weighted by atomic mass is 32.2. The Labute approximate surface area is 126 Å². The Hall–Kier alpha value is -0.890. The molecule has 2 rings (SSSR count). The van der Waals surface area contributed by atoms with E-state index in [1.165, 1.54) is 6.07 Å². The average molecular weight is 316 g/mol. The van der Waals surface area contributed by atoms with Crippen molar-refractivity contribution in [2.45, 2.75) is 56.7 Å². The summed E-state index contributed by atoms with van der Waals surface area (Å²) in [5.41, 5.74) is 0.0471. The Morgan fingerprint density at radius 2 is 2.29 bits per heavy atom. The van der Waals surface area contributed by atoms with Crippen LogP contribution >= 0.6 is 0 Å². The molecule has 21 heavy (non-hydrogen) atoms. The smallest absolute Gasteiger partial charge is 0.242 e. The quantitative estimate of drug-likeness (QED) is 0.827. The van der Waals surface area contributed by atoms with Crippen molar-refractivity contribution in [1.29, 1.82) is 0 Å². The highest BCUT2D eigenvalue weighted by molar-refractivity contribution is 7.89. The van der Waals surface area contributed by atoms with E-state index in [1.807, 2.05) is 13.8 Å². The summed E-state index contributed by atoms with van der Waals surface area (Å²) in [5.74, 6) is 0. The summed E-state index contributed by atoms with van der Waals surface area (Å²) in [6, 6.07) is 1.53. The van der Waals surface area contributed by atoms with E-state index < -0.39 is 15.6 Å². The zero-order valence-corrected chi connectivity index (χ0v) is 13.4. The molecule has 0 aliphatic carbocycles. The molecule has 0 radical (unpaired) electrons. The predicted octanol–water partition coefficient (Wildman–Crippen LogP) is 1.24. The molecule has 0 spiro atoms. The van der Waals surface area contributed by atoms with E-state index in [2.05, 4.69) is 4.72 Å². The first-order valence-corrected chi connectivity index (χ1v) is 8.80. The first kappa shape index (κ1) is 16.5. The number of aromatic nitrogens is 1. The Bertz CT molecular complexity index is 574. The minimum Gasteiger partial charge on any atom is -0.390 e. The van der Waals surface area contributed by atoms with Crippen LogP contribution in [0.15, 0.2) is 17.2 Å². The molecule has 0 saturated carbocycles. The number of hydrogen-bond acceptors (Lipinski definition) is 4. The van der Waals surface area contributed by atoms with Gasteiger partial charge < -0.3 is 14.4 Å². The molecule has 6 nitrogen and oxygen atoms in total. The van der Waals surface area contributed by atoms with Gasteiger partial charge in [0, 0.05) is 25.0 Å². The van der Waals surface area contributed by atoms with Crippen molar-refractivity contribution in [3.63, 3.8) is 0 Å². The van der Waals surface area contributed by atoms with Crippen LogP contribution in [-0.4, -0.2) is 36.8 Å². The van der Waals surface area contributed by atoms with Crippen LogP contribution in [0.4, 0.5) is 0 Å². The van der Waals surface area contributed by atoms with Gasteiger partial charge in [-0.25, -0.2) is 13.1 Å². The lowest BCUT2D eigenvalue weighted by molar-refractivity contribution is 0.0386. The largest absolute Gasteiger partial charge is 0.390 e. The van der Waals surface area contributed by atoms with Crippen LogP contribution in [0.2, 0.25) is 0 Å². The Kier molecular flexibility index (Phi) is 5.08. The van der Waals surface area contributed by atoms with Gasteiger partial charge in [0.05, 0.1) is 23.6 Å². The van der Waals surface area contributed by atoms with Crippen molar-refractivity contribution in [1.82, 2.24) is 9.29 Å². The summed E-state index contributed by atoms with van der Waals surface area (Å²) in [7, 11) is -3.61.